The van der Waals surface area contributed by atoms with Gasteiger partial charge in [0.15, 0.2) is 42.6 Å². The van der Waals surface area contributed by atoms with Gasteiger partial charge in [0.25, 0.3) is 0 Å². The lowest BCUT2D eigenvalue weighted by molar-refractivity contribution is -0.421. The van der Waals surface area contributed by atoms with Crippen molar-refractivity contribution in [3.05, 3.63) is 102 Å². The number of phenols is 2. The van der Waals surface area contributed by atoms with Gasteiger partial charge in [0.05, 0.1) is 25.9 Å². The van der Waals surface area contributed by atoms with Crippen molar-refractivity contribution in [2.24, 2.45) is 0 Å². The van der Waals surface area contributed by atoms with Crippen molar-refractivity contribution in [2.75, 3.05) is 40.1 Å². The Morgan fingerprint density at radius 3 is 1.73 bits per heavy atom. The molecule has 19 atom stereocenters. The van der Waals surface area contributed by atoms with E-state index < -0.39 is 179 Å². The summed E-state index contributed by atoms with van der Waals surface area (Å²) in [7, 11) is 1.27. The van der Waals surface area contributed by atoms with Crippen molar-refractivity contribution >= 4 is 42.0 Å². The van der Waals surface area contributed by atoms with E-state index in [1.165, 1.54) is 86.0 Å². The number of benzene rings is 3. The summed E-state index contributed by atoms with van der Waals surface area (Å²) in [6.07, 6.45) is -33.7. The molecule has 0 aliphatic carbocycles. The topological polar surface area (TPSA) is 428 Å². The van der Waals surface area contributed by atoms with Crippen molar-refractivity contribution in [3.63, 3.8) is 0 Å². The van der Waals surface area contributed by atoms with Gasteiger partial charge in [-0.2, -0.15) is 0 Å². The molecule has 0 aromatic heterocycles. The molecule has 0 bridgehead atoms. The zero-order valence-corrected chi connectivity index (χ0v) is 44.4. The number of hydrogen-bond donors (Lipinski definition) is 11. The molecule has 0 amide bonds. The van der Waals surface area contributed by atoms with Gasteiger partial charge in [0.1, 0.15) is 105 Å². The lowest BCUT2D eigenvalue weighted by Gasteiger charge is -2.50. The molecule has 0 saturated carbocycles. The Kier molecular flexibility index (Phi) is 22.1. The van der Waals surface area contributed by atoms with Gasteiger partial charge in [-0.15, -0.1) is 0 Å². The van der Waals surface area contributed by atoms with E-state index in [2.05, 4.69) is 0 Å². The first-order valence-electron chi connectivity index (χ1n) is 25.6. The van der Waals surface area contributed by atoms with Crippen molar-refractivity contribution in [3.8, 4) is 17.2 Å². The van der Waals surface area contributed by atoms with Crippen LogP contribution in [-0.4, -0.2) is 242 Å². The molecule has 7 rings (SSSR count). The van der Waals surface area contributed by atoms with Crippen LogP contribution in [0.1, 0.15) is 35.3 Å². The third-order valence-electron chi connectivity index (χ3n) is 13.4. The van der Waals surface area contributed by atoms with Crippen molar-refractivity contribution in [2.45, 2.75) is 130 Å². The second-order valence-electron chi connectivity index (χ2n) is 19.2. The summed E-state index contributed by atoms with van der Waals surface area (Å²) in [6.45, 7) is -3.04. The fraction of sp³-hybridized carbons (Fsp3) is 0.500. The summed E-state index contributed by atoms with van der Waals surface area (Å²) in [5.41, 5.74) is 0.531. The number of rotatable bonds is 22. The van der Waals surface area contributed by atoms with Gasteiger partial charge in [-0.25, -0.2) is 14.4 Å². The maximum absolute atomic E-state index is 14.2. The van der Waals surface area contributed by atoms with Crippen LogP contribution in [-0.2, 0) is 76.0 Å². The Bertz CT molecular complexity index is 2720. The third kappa shape index (κ3) is 15.7. The molecule has 0 spiro atoms. The fourth-order valence-corrected chi connectivity index (χ4v) is 9.06. The molecule has 29 nitrogen and oxygen atoms in total. The molecule has 4 aliphatic rings. The van der Waals surface area contributed by atoms with Crippen LogP contribution in [0.25, 0.3) is 12.2 Å². The Morgan fingerprint density at radius 2 is 1.12 bits per heavy atom. The van der Waals surface area contributed by atoms with Crippen LogP contribution >= 0.6 is 0 Å². The molecule has 4 saturated heterocycles. The van der Waals surface area contributed by atoms with E-state index in [9.17, 15) is 80.1 Å². The molecule has 4 fully saturated rings. The number of carbonyl (C=O) groups excluding carboxylic acids is 5. The minimum atomic E-state index is -2.93. The second-order valence-corrected chi connectivity index (χ2v) is 19.2. The van der Waals surface area contributed by atoms with E-state index >= 15 is 0 Å². The summed E-state index contributed by atoms with van der Waals surface area (Å²) >= 11 is 0. The minimum absolute atomic E-state index is 0.0000825. The number of carbonyl (C=O) groups is 5. The van der Waals surface area contributed by atoms with Gasteiger partial charge in [-0.1, -0.05) is 36.4 Å². The molecule has 0 radical (unpaired) electrons. The van der Waals surface area contributed by atoms with E-state index in [-0.39, 0.29) is 28.4 Å². The van der Waals surface area contributed by atoms with E-state index in [1.807, 2.05) is 0 Å². The molecule has 3 aromatic carbocycles. The highest BCUT2D eigenvalue weighted by Crippen LogP contribution is 2.42. The Hall–Kier alpha value is -6.75. The molecule has 4 aliphatic heterocycles. The smallest absolute Gasteiger partial charge is 0.338 e. The molecule has 4 heterocycles. The van der Waals surface area contributed by atoms with E-state index in [4.69, 9.17) is 61.6 Å². The summed E-state index contributed by atoms with van der Waals surface area (Å²) < 4.78 is 76.5. The molecule has 454 valence electrons. The lowest BCUT2D eigenvalue weighted by Crippen LogP contribution is -2.69. The van der Waals surface area contributed by atoms with Crippen molar-refractivity contribution < 1.29 is 142 Å². The normalized spacial score (nSPS) is 33.5. The highest BCUT2D eigenvalue weighted by Gasteiger charge is 2.64. The second kappa shape index (κ2) is 28.7. The van der Waals surface area contributed by atoms with Gasteiger partial charge in [0.2, 0.25) is 5.79 Å². The molecule has 11 N–H and O–H groups in total. The van der Waals surface area contributed by atoms with Gasteiger partial charge < -0.3 is 118 Å². The monoisotopic (exact) mass is 1180 g/mol. The average molecular weight is 1180 g/mol. The Labute approximate surface area is 471 Å². The maximum atomic E-state index is 14.2. The fourth-order valence-electron chi connectivity index (χ4n) is 9.06. The molecule has 29 heteroatoms. The van der Waals surface area contributed by atoms with Gasteiger partial charge in [0, 0.05) is 26.0 Å². The molecular weight excluding hydrogens is 1110 g/mol. The predicted molar refractivity (Wildman–Crippen MR) is 271 cm³/mol. The highest BCUT2D eigenvalue weighted by molar-refractivity contribution is 5.90. The minimum Gasteiger partial charge on any atom is -0.508 e. The summed E-state index contributed by atoms with van der Waals surface area (Å²) in [5.74, 6) is -8.71. The predicted octanol–water partition coefficient (Wildman–Crippen LogP) is -2.79. The number of methoxy groups -OCH3 is 1. The lowest BCUT2D eigenvalue weighted by atomic mass is 9.95. The van der Waals surface area contributed by atoms with Crippen LogP contribution in [0, 0.1) is 0 Å². The van der Waals surface area contributed by atoms with Gasteiger partial charge >= 0.3 is 29.8 Å². The Balaban J connectivity index is 1.40. The van der Waals surface area contributed by atoms with Gasteiger partial charge in [-0.3, -0.25) is 9.59 Å². The van der Waals surface area contributed by atoms with Crippen molar-refractivity contribution in [1.82, 2.24) is 0 Å². The third-order valence-corrected chi connectivity index (χ3v) is 13.4. The van der Waals surface area contributed by atoms with E-state index in [0.717, 1.165) is 26.0 Å². The summed E-state index contributed by atoms with van der Waals surface area (Å²) in [5, 5.41) is 120. The van der Waals surface area contributed by atoms with Gasteiger partial charge in [-0.05, 0) is 59.7 Å². The number of phenolic OH excluding ortho intramolecular Hbond substituents is 2. The summed E-state index contributed by atoms with van der Waals surface area (Å²) in [6, 6.07) is 16.7. The SMILES string of the molecule is COc1cc(C=CC(=O)O[C@H]2[C@H](O[C@@H]3O[C@H](COC(C)=O)[C@@H](O)[C@H](O)[C@H]3O)[C@@H](O[C@@H]3O[C@H](CO)[C@@H](O)[C@H](O)[C@H]3O)[C@@H](O[C@]3(COC(=O)C=Cc4ccc(O)cc4)O[C@H](CO)[C@@H](O)[C@@H]3OC(=O)c3ccccc3)O[C@@H]2COC(C)=O)ccc1O. The van der Waals surface area contributed by atoms with Crippen LogP contribution in [0.3, 0.4) is 0 Å². The average Bonchev–Trinajstić information content (AvgIpc) is 3.52. The molecule has 83 heavy (non-hydrogen) atoms. The number of esters is 5. The van der Waals surface area contributed by atoms with Crippen molar-refractivity contribution in [1.29, 1.82) is 0 Å². The zero-order chi connectivity index (χ0) is 60.3. The molecule has 0 unspecified atom stereocenters. The van der Waals surface area contributed by atoms with Crippen LogP contribution in [0.5, 0.6) is 17.2 Å². The van der Waals surface area contributed by atoms with Crippen LogP contribution in [0.2, 0.25) is 0 Å². The Morgan fingerprint density at radius 1 is 0.566 bits per heavy atom. The number of hydrogen-bond acceptors (Lipinski definition) is 29. The van der Waals surface area contributed by atoms with E-state index in [0.29, 0.717) is 5.56 Å². The number of ether oxygens (including phenoxy) is 13. The highest BCUT2D eigenvalue weighted by atomic mass is 16.8. The maximum Gasteiger partial charge on any atom is 0.338 e. The number of aliphatic hydroxyl groups is 9. The summed E-state index contributed by atoms with van der Waals surface area (Å²) in [4.78, 5) is 66.3. The first kappa shape index (κ1) is 63.8. The number of aliphatic hydroxyl groups excluding tert-OH is 9. The standard InChI is InChI=1S/C54H64O29/c1-25(57)72-22-35-40(64)43(67)45(69)52(76-35)79-47-46(78-38(62)18-13-28-11-16-31(60)32(19-28)71-3)36(23-73-26(2)58)77-53(48(47)80-51-44(68)42(66)39(63)33(20-55)75-51)83-54(24-74-37(61)17-12-27-9-14-30(59)15-10-27)49(41(65)34(21-56)82-54)81-50(70)29-7-5-4-6-8-29/h4-19,33-36,39-49,51-53,55-56,59-60,63-69H,20-24H2,1-3H3/t33-,34-,35-,36-,39-,40-,41-,42+,43+,44-,45-,46-,47+,48-,49+,51+,52+,53-,54+/m1/s1. The largest absolute Gasteiger partial charge is 0.508 e. The first-order valence-corrected chi connectivity index (χ1v) is 25.6. The number of aromatic hydroxyl groups is 2. The van der Waals surface area contributed by atoms with Crippen LogP contribution in [0.15, 0.2) is 84.9 Å². The molecule has 3 aromatic rings. The zero-order valence-electron chi connectivity index (χ0n) is 44.4. The van der Waals surface area contributed by atoms with Crippen LogP contribution < -0.4 is 4.74 Å². The molecular formula is C54H64O29. The van der Waals surface area contributed by atoms with E-state index in [1.54, 1.807) is 6.07 Å². The van der Waals surface area contributed by atoms with Crippen LogP contribution in [0.4, 0.5) is 0 Å². The quantitative estimate of drug-likeness (QED) is 0.0275. The first-order chi connectivity index (χ1) is 39.6.